The predicted molar refractivity (Wildman–Crippen MR) is 62.2 cm³/mol. The number of halogens is 2. The number of nitrogens with zero attached hydrogens (tertiary/aromatic N) is 1. The Balaban J connectivity index is 2.12. The van der Waals surface area contributed by atoms with Gasteiger partial charge in [0.1, 0.15) is 5.92 Å². The van der Waals surface area contributed by atoms with Crippen LogP contribution < -0.4 is 4.90 Å². The fraction of sp³-hybridized carbons (Fsp3) is 0.385. The van der Waals surface area contributed by atoms with Gasteiger partial charge in [0.25, 0.3) is 0 Å². The van der Waals surface area contributed by atoms with Crippen molar-refractivity contribution in [3.05, 3.63) is 29.3 Å². The zero-order valence-corrected chi connectivity index (χ0v) is 9.90. The summed E-state index contributed by atoms with van der Waals surface area (Å²) in [5.41, 5.74) is 0.272. The fourth-order valence-electron chi connectivity index (χ4n) is 2.46. The quantitative estimate of drug-likeness (QED) is 0.830. The maximum atomic E-state index is 13.3. The minimum Gasteiger partial charge on any atom is -0.481 e. The molecule has 100 valence electrons. The van der Waals surface area contributed by atoms with Crippen LogP contribution in [0.3, 0.4) is 0 Å². The van der Waals surface area contributed by atoms with E-state index in [1.165, 1.54) is 0 Å². The highest BCUT2D eigenvalue weighted by Crippen LogP contribution is 2.39. The molecule has 6 heteroatoms. The van der Waals surface area contributed by atoms with Gasteiger partial charge in [-0.15, -0.1) is 0 Å². The zero-order valence-electron chi connectivity index (χ0n) is 9.90. The second-order valence-electron chi connectivity index (χ2n) is 4.92. The van der Waals surface area contributed by atoms with Crippen LogP contribution in [0.5, 0.6) is 0 Å². The van der Waals surface area contributed by atoms with Gasteiger partial charge in [-0.1, -0.05) is 0 Å². The molecule has 4 nitrogen and oxygen atoms in total. The number of hydrogen-bond acceptors (Lipinski definition) is 3. The Hall–Kier alpha value is -1.98. The summed E-state index contributed by atoms with van der Waals surface area (Å²) in [5, 5.41) is 9.06. The van der Waals surface area contributed by atoms with Crippen molar-refractivity contribution < 1.29 is 23.5 Å². The van der Waals surface area contributed by atoms with E-state index in [0.29, 0.717) is 5.69 Å². The molecule has 1 aliphatic heterocycles. The molecule has 1 fully saturated rings. The molecule has 1 saturated carbocycles. The first-order valence-electron chi connectivity index (χ1n) is 6.01. The second kappa shape index (κ2) is 4.01. The molecule has 0 saturated heterocycles. The summed E-state index contributed by atoms with van der Waals surface area (Å²) in [5.74, 6) is -5.25. The van der Waals surface area contributed by atoms with E-state index >= 15 is 0 Å². The van der Waals surface area contributed by atoms with Gasteiger partial charge < -0.3 is 10.0 Å². The molecule has 2 aliphatic rings. The monoisotopic (exact) mass is 267 g/mol. The molecule has 0 amide bonds. The molecule has 1 aromatic carbocycles. The first-order valence-corrected chi connectivity index (χ1v) is 6.01. The number of carboxylic acids is 1. The lowest BCUT2D eigenvalue weighted by molar-refractivity contribution is -0.139. The largest absolute Gasteiger partial charge is 0.481 e. The van der Waals surface area contributed by atoms with Gasteiger partial charge in [0.2, 0.25) is 0 Å². The number of carbonyl (C=O) groups excluding carboxylic acids is 1. The SMILES string of the molecule is O=C(O)C1CN(C2CC2)c2cc(F)c(F)cc2C1=O. The number of aliphatic carboxylic acids is 1. The van der Waals surface area contributed by atoms with Crippen LogP contribution in [0.15, 0.2) is 12.1 Å². The van der Waals surface area contributed by atoms with E-state index in [2.05, 4.69) is 0 Å². The molecule has 0 spiro atoms. The van der Waals surface area contributed by atoms with Crippen LogP contribution in [0.1, 0.15) is 23.2 Å². The summed E-state index contributed by atoms with van der Waals surface area (Å²) in [4.78, 5) is 24.8. The lowest BCUT2D eigenvalue weighted by Crippen LogP contribution is -2.44. The molecule has 1 N–H and O–H groups in total. The number of ketones is 1. The van der Waals surface area contributed by atoms with Crippen LogP contribution in [-0.4, -0.2) is 29.4 Å². The Morgan fingerprint density at radius 3 is 2.47 bits per heavy atom. The van der Waals surface area contributed by atoms with Gasteiger partial charge in [0, 0.05) is 24.2 Å². The highest BCUT2D eigenvalue weighted by atomic mass is 19.2. The third-order valence-electron chi connectivity index (χ3n) is 3.60. The van der Waals surface area contributed by atoms with Crippen molar-refractivity contribution in [1.29, 1.82) is 0 Å². The second-order valence-corrected chi connectivity index (χ2v) is 4.92. The first kappa shape index (κ1) is 12.1. The topological polar surface area (TPSA) is 57.6 Å². The van der Waals surface area contributed by atoms with Crippen molar-refractivity contribution >= 4 is 17.4 Å². The number of fused-ring (bicyclic) bond motifs is 1. The average Bonchev–Trinajstić information content (AvgIpc) is 3.16. The normalized spacial score (nSPS) is 22.3. The van der Waals surface area contributed by atoms with E-state index in [9.17, 15) is 18.4 Å². The molecule has 1 aromatic rings. The highest BCUT2D eigenvalue weighted by Gasteiger charge is 2.42. The van der Waals surface area contributed by atoms with Crippen LogP contribution >= 0.6 is 0 Å². The smallest absolute Gasteiger partial charge is 0.316 e. The molecule has 1 atom stereocenters. The van der Waals surface area contributed by atoms with E-state index in [1.54, 1.807) is 4.90 Å². The van der Waals surface area contributed by atoms with E-state index in [-0.39, 0.29) is 18.2 Å². The van der Waals surface area contributed by atoms with Crippen LogP contribution in [0.25, 0.3) is 0 Å². The molecule has 0 radical (unpaired) electrons. The first-order chi connectivity index (χ1) is 8.99. The van der Waals surface area contributed by atoms with Crippen molar-refractivity contribution in [2.75, 3.05) is 11.4 Å². The van der Waals surface area contributed by atoms with Gasteiger partial charge in [0.05, 0.1) is 5.69 Å². The van der Waals surface area contributed by atoms with Crippen LogP contribution in [0, 0.1) is 17.6 Å². The van der Waals surface area contributed by atoms with Gasteiger partial charge in [-0.05, 0) is 18.9 Å². The molecule has 19 heavy (non-hydrogen) atoms. The van der Waals surface area contributed by atoms with Crippen molar-refractivity contribution in [3.8, 4) is 0 Å². The van der Waals surface area contributed by atoms with E-state index in [1.807, 2.05) is 0 Å². The van der Waals surface area contributed by atoms with Gasteiger partial charge in [-0.25, -0.2) is 8.78 Å². The Kier molecular flexibility index (Phi) is 2.55. The molecule has 1 aliphatic carbocycles. The number of carbonyl (C=O) groups is 2. The fourth-order valence-corrected chi connectivity index (χ4v) is 2.46. The van der Waals surface area contributed by atoms with Crippen molar-refractivity contribution in [2.45, 2.75) is 18.9 Å². The molecule has 1 heterocycles. The van der Waals surface area contributed by atoms with Gasteiger partial charge in [-0.3, -0.25) is 9.59 Å². The summed E-state index contributed by atoms with van der Waals surface area (Å²) in [6.07, 6.45) is 1.75. The third kappa shape index (κ3) is 1.87. The lowest BCUT2D eigenvalue weighted by atomic mass is 9.90. The number of carboxylic acid groups (broad SMARTS) is 1. The number of Topliss-reactive ketones (excluding diaryl/α,β-unsaturated/α-hetero) is 1. The van der Waals surface area contributed by atoms with Gasteiger partial charge in [0.15, 0.2) is 17.4 Å². The lowest BCUT2D eigenvalue weighted by Gasteiger charge is -2.33. The number of anilines is 1. The standard InChI is InChI=1S/C13H11F2NO3/c14-9-3-7-11(4-10(9)15)16(6-1-2-6)5-8(12(7)17)13(18)19/h3-4,6,8H,1-2,5H2,(H,18,19). The molecular formula is C13H11F2NO3. The van der Waals surface area contributed by atoms with Gasteiger partial charge >= 0.3 is 5.97 Å². The van der Waals surface area contributed by atoms with Crippen LogP contribution in [0.2, 0.25) is 0 Å². The van der Waals surface area contributed by atoms with Crippen molar-refractivity contribution in [1.82, 2.24) is 0 Å². The van der Waals surface area contributed by atoms with Gasteiger partial charge in [-0.2, -0.15) is 0 Å². The number of benzene rings is 1. The zero-order chi connectivity index (χ0) is 13.7. The molecule has 1 unspecified atom stereocenters. The Morgan fingerprint density at radius 1 is 1.26 bits per heavy atom. The minimum absolute atomic E-state index is 0.0247. The van der Waals surface area contributed by atoms with Crippen molar-refractivity contribution in [2.24, 2.45) is 5.92 Å². The maximum Gasteiger partial charge on any atom is 0.316 e. The third-order valence-corrected chi connectivity index (χ3v) is 3.60. The summed E-state index contributed by atoms with van der Waals surface area (Å²) >= 11 is 0. The van der Waals surface area contributed by atoms with Crippen molar-refractivity contribution in [3.63, 3.8) is 0 Å². The van der Waals surface area contributed by atoms with Crippen LogP contribution in [0.4, 0.5) is 14.5 Å². The predicted octanol–water partition coefficient (Wildman–Crippen LogP) is 1.83. The summed E-state index contributed by atoms with van der Waals surface area (Å²) < 4.78 is 26.6. The Bertz CT molecular complexity index is 583. The van der Waals surface area contributed by atoms with E-state index < -0.39 is 29.3 Å². The maximum absolute atomic E-state index is 13.3. The molecular weight excluding hydrogens is 256 g/mol. The number of hydrogen-bond donors (Lipinski definition) is 1. The summed E-state index contributed by atoms with van der Waals surface area (Å²) in [7, 11) is 0. The Morgan fingerprint density at radius 2 is 1.89 bits per heavy atom. The Labute approximate surface area is 107 Å². The average molecular weight is 267 g/mol. The molecule has 0 aromatic heterocycles. The van der Waals surface area contributed by atoms with Crippen LogP contribution in [-0.2, 0) is 4.79 Å². The summed E-state index contributed by atoms with van der Waals surface area (Å²) in [6, 6.07) is 1.91. The number of rotatable bonds is 2. The highest BCUT2D eigenvalue weighted by molar-refractivity contribution is 6.13. The van der Waals surface area contributed by atoms with E-state index in [4.69, 9.17) is 5.11 Å². The van der Waals surface area contributed by atoms with E-state index in [0.717, 1.165) is 25.0 Å². The molecule has 0 bridgehead atoms. The minimum atomic E-state index is -1.23. The summed E-state index contributed by atoms with van der Waals surface area (Å²) in [6.45, 7) is 0.0247. The molecule has 3 rings (SSSR count).